The van der Waals surface area contributed by atoms with Gasteiger partial charge in [-0.05, 0) is 82.2 Å². The zero-order chi connectivity index (χ0) is 33.1. The average Bonchev–Trinajstić information content (AvgIpc) is 3.87. The van der Waals surface area contributed by atoms with Crippen molar-refractivity contribution in [1.29, 1.82) is 0 Å². The quantitative estimate of drug-likeness (QED) is 0.153. The second-order valence-electron chi connectivity index (χ2n) is 13.9. The Hall–Kier alpha value is -3.09. The first-order valence-corrected chi connectivity index (χ1v) is 17.3. The molecule has 2 unspecified atom stereocenters. The molecule has 47 heavy (non-hydrogen) atoms. The van der Waals surface area contributed by atoms with Crippen molar-refractivity contribution in [3.8, 4) is 0 Å². The fourth-order valence-corrected chi connectivity index (χ4v) is 7.47. The molecule has 4 aliphatic heterocycles. The summed E-state index contributed by atoms with van der Waals surface area (Å²) in [6.07, 6.45) is 2.09. The van der Waals surface area contributed by atoms with Crippen LogP contribution in [0.4, 0.5) is 24.5 Å². The number of amides is 1. The van der Waals surface area contributed by atoms with E-state index in [0.717, 1.165) is 83.3 Å². The van der Waals surface area contributed by atoms with Crippen molar-refractivity contribution < 1.29 is 22.7 Å². The molecular weight excluding hydrogens is 607 g/mol. The summed E-state index contributed by atoms with van der Waals surface area (Å²) in [4.78, 5) is 26.0. The third-order valence-corrected chi connectivity index (χ3v) is 10.4. The second-order valence-corrected chi connectivity index (χ2v) is 13.9. The first-order valence-electron chi connectivity index (χ1n) is 17.3. The number of piperidine rings is 1. The summed E-state index contributed by atoms with van der Waals surface area (Å²) >= 11 is 0. The largest absolute Gasteiger partial charge is 0.419 e. The predicted octanol–water partition coefficient (Wildman–Crippen LogP) is 4.80. The van der Waals surface area contributed by atoms with E-state index in [-0.39, 0.29) is 30.1 Å². The maximum atomic E-state index is 14.0. The Morgan fingerprint density at radius 2 is 1.79 bits per heavy atom. The average molecular weight is 658 g/mol. The zero-order valence-electron chi connectivity index (χ0n) is 27.8. The van der Waals surface area contributed by atoms with Crippen LogP contribution in [0.2, 0.25) is 0 Å². The van der Waals surface area contributed by atoms with Crippen LogP contribution >= 0.6 is 0 Å². The summed E-state index contributed by atoms with van der Waals surface area (Å²) in [5, 5.41) is 6.08. The van der Waals surface area contributed by atoms with E-state index in [0.29, 0.717) is 44.0 Å². The van der Waals surface area contributed by atoms with E-state index >= 15 is 0 Å². The minimum Gasteiger partial charge on any atom is -0.385 e. The smallest absolute Gasteiger partial charge is 0.385 e. The van der Waals surface area contributed by atoms with Crippen LogP contribution in [-0.2, 0) is 9.53 Å². The highest BCUT2D eigenvalue weighted by molar-refractivity contribution is 5.95. The number of nitrogens with one attached hydrogen (secondary N) is 2. The van der Waals surface area contributed by atoms with Gasteiger partial charge in [-0.3, -0.25) is 9.69 Å². The van der Waals surface area contributed by atoms with Crippen LogP contribution in [0.15, 0.2) is 47.2 Å². The molecule has 0 radical (unpaired) electrons. The number of likely N-dealkylation sites (tertiary alicyclic amines) is 1. The van der Waals surface area contributed by atoms with Gasteiger partial charge in [-0.25, -0.2) is 4.99 Å². The molecule has 1 aromatic rings. The molecule has 2 N–H and O–H groups in total. The molecule has 258 valence electrons. The van der Waals surface area contributed by atoms with E-state index in [1.165, 1.54) is 11.3 Å². The van der Waals surface area contributed by atoms with Crippen molar-refractivity contribution in [2.45, 2.75) is 69.6 Å². The number of aliphatic imine (C=N–C) groups is 1. The molecule has 0 spiro atoms. The van der Waals surface area contributed by atoms with E-state index in [2.05, 4.69) is 62.2 Å². The van der Waals surface area contributed by atoms with Crippen LogP contribution < -0.4 is 15.5 Å². The number of carbonyl (C=O) groups is 1. The number of piperazine rings is 1. The van der Waals surface area contributed by atoms with Gasteiger partial charge in [0.2, 0.25) is 5.91 Å². The van der Waals surface area contributed by atoms with Crippen LogP contribution in [0.3, 0.4) is 0 Å². The molecule has 1 amide bonds. The molecular formula is C35H50F3N7O2. The molecule has 1 saturated carbocycles. The lowest BCUT2D eigenvalue weighted by atomic mass is 10.0. The molecule has 12 heteroatoms. The van der Waals surface area contributed by atoms with Gasteiger partial charge < -0.3 is 30.1 Å². The number of nitrogens with zero attached hydrogens (tertiary/aromatic N) is 5. The van der Waals surface area contributed by atoms with Crippen molar-refractivity contribution in [3.63, 3.8) is 0 Å². The second kappa shape index (κ2) is 14.6. The van der Waals surface area contributed by atoms with E-state index < -0.39 is 11.7 Å². The summed E-state index contributed by atoms with van der Waals surface area (Å²) in [6, 6.07) is 7.16. The summed E-state index contributed by atoms with van der Waals surface area (Å²) in [5.74, 6) is 0.837. The molecule has 5 aliphatic rings. The number of hydrogen-bond acceptors (Lipinski definition) is 7. The number of ether oxygens (including phenoxy) is 1. The zero-order valence-corrected chi connectivity index (χ0v) is 27.8. The van der Waals surface area contributed by atoms with Crippen LogP contribution in [0.1, 0.15) is 56.9 Å². The number of fused-ring (bicyclic) bond motifs is 2. The summed E-state index contributed by atoms with van der Waals surface area (Å²) in [5.41, 5.74) is 2.17. The van der Waals surface area contributed by atoms with Gasteiger partial charge in [0.1, 0.15) is 5.84 Å². The number of likely N-dealkylation sites (N-methyl/N-ethyl adjacent to an activating group) is 1. The number of halogens is 3. The van der Waals surface area contributed by atoms with Crippen molar-refractivity contribution in [1.82, 2.24) is 20.0 Å². The minimum absolute atomic E-state index is 0.0706. The minimum atomic E-state index is -4.62. The molecule has 4 heterocycles. The van der Waals surface area contributed by atoms with Gasteiger partial charge in [0, 0.05) is 81.7 Å². The Morgan fingerprint density at radius 1 is 1.04 bits per heavy atom. The summed E-state index contributed by atoms with van der Waals surface area (Å²) < 4.78 is 47.5. The highest BCUT2D eigenvalue weighted by Gasteiger charge is 2.42. The number of carbonyl (C=O) groups excluding carboxylic acids is 1. The van der Waals surface area contributed by atoms with Crippen LogP contribution in [0.25, 0.3) is 0 Å². The van der Waals surface area contributed by atoms with E-state index in [1.807, 2.05) is 4.90 Å². The van der Waals surface area contributed by atoms with Crippen molar-refractivity contribution in [2.24, 2.45) is 10.9 Å². The Kier molecular flexibility index (Phi) is 10.5. The third kappa shape index (κ3) is 8.32. The Labute approximate surface area is 276 Å². The number of amidine groups is 1. The van der Waals surface area contributed by atoms with E-state index in [9.17, 15) is 18.0 Å². The molecule has 0 aromatic heterocycles. The van der Waals surface area contributed by atoms with Crippen LogP contribution in [0.5, 0.6) is 0 Å². The highest BCUT2D eigenvalue weighted by atomic mass is 19.4. The maximum absolute atomic E-state index is 14.0. The monoisotopic (exact) mass is 657 g/mol. The van der Waals surface area contributed by atoms with E-state index in [1.54, 1.807) is 6.92 Å². The lowest BCUT2D eigenvalue weighted by Crippen LogP contribution is -2.52. The SMILES string of the molecule is C=C(NCCCN1C(=O)C2COCC1C2)/C(=C\N=C(C)Nc1ccc(N2CCC(N3CCN(C)CC3)CC2)cc1C1CC1)C(F)(F)F. The predicted molar refractivity (Wildman–Crippen MR) is 180 cm³/mol. The van der Waals surface area contributed by atoms with Gasteiger partial charge in [0.05, 0.1) is 30.7 Å². The first kappa shape index (κ1) is 33.8. The lowest BCUT2D eigenvalue weighted by Gasteiger charge is -2.42. The van der Waals surface area contributed by atoms with Gasteiger partial charge in [-0.2, -0.15) is 13.2 Å². The number of benzene rings is 1. The van der Waals surface area contributed by atoms with E-state index in [4.69, 9.17) is 4.74 Å². The molecule has 6 rings (SSSR count). The Morgan fingerprint density at radius 3 is 2.47 bits per heavy atom. The molecule has 2 bridgehead atoms. The van der Waals surface area contributed by atoms with Gasteiger partial charge >= 0.3 is 6.18 Å². The standard InChI is InChI=1S/C35H50F3N7O2/c1-24(39-11-4-12-45-30-19-27(34(45)46)22-47-23-30)32(35(36,37)38)21-40-25(2)41-33-8-7-29(20-31(33)26-5-6-26)43-13-9-28(10-14-43)44-17-15-42(3)16-18-44/h7-8,20-21,26-28,30,39H,1,4-6,9-19,22-23H2,2-3H3,(H,40,41)/b32-21+. The molecule has 5 fully saturated rings. The van der Waals surface area contributed by atoms with Gasteiger partial charge in [0.25, 0.3) is 0 Å². The number of rotatable bonds is 11. The number of anilines is 2. The van der Waals surface area contributed by atoms with Crippen LogP contribution in [0, 0.1) is 5.92 Å². The van der Waals surface area contributed by atoms with Crippen molar-refractivity contribution >= 4 is 23.1 Å². The number of alkyl halides is 3. The fraction of sp³-hybridized carbons (Fsp3) is 0.657. The number of allylic oxidation sites excluding steroid dienone is 1. The molecule has 4 saturated heterocycles. The molecule has 9 nitrogen and oxygen atoms in total. The molecule has 2 atom stereocenters. The topological polar surface area (TPSA) is 75.7 Å². The fourth-order valence-electron chi connectivity index (χ4n) is 7.47. The maximum Gasteiger partial charge on any atom is 0.419 e. The lowest BCUT2D eigenvalue weighted by molar-refractivity contribution is -0.131. The molecule has 1 aliphatic carbocycles. The Bertz CT molecular complexity index is 1340. The summed E-state index contributed by atoms with van der Waals surface area (Å²) in [6.45, 7) is 13.7. The molecule has 1 aromatic carbocycles. The normalized spacial score (nSPS) is 25.4. The highest BCUT2D eigenvalue weighted by Crippen LogP contribution is 2.45. The number of hydrogen-bond donors (Lipinski definition) is 2. The van der Waals surface area contributed by atoms with Crippen molar-refractivity contribution in [3.05, 3.63) is 47.8 Å². The van der Waals surface area contributed by atoms with Gasteiger partial charge in [-0.15, -0.1) is 0 Å². The Balaban J connectivity index is 1.03. The summed E-state index contributed by atoms with van der Waals surface area (Å²) in [7, 11) is 2.19. The van der Waals surface area contributed by atoms with Crippen molar-refractivity contribution in [2.75, 3.05) is 82.8 Å². The third-order valence-electron chi connectivity index (χ3n) is 10.4. The first-order chi connectivity index (χ1) is 22.6. The van der Waals surface area contributed by atoms with Gasteiger partial charge in [-0.1, -0.05) is 6.58 Å². The van der Waals surface area contributed by atoms with Crippen LogP contribution in [-0.4, -0.2) is 117 Å². The van der Waals surface area contributed by atoms with Gasteiger partial charge in [0.15, 0.2) is 0 Å².